The van der Waals surface area contributed by atoms with Gasteiger partial charge in [0.05, 0.1) is 11.6 Å². The molecule has 0 unspecified atom stereocenters. The second-order valence-corrected chi connectivity index (χ2v) is 5.59. The molecule has 1 saturated carbocycles. The molecular weight excluding hydrogens is 252 g/mol. The first kappa shape index (κ1) is 12.1. The van der Waals surface area contributed by atoms with Crippen LogP contribution in [0.2, 0.25) is 5.02 Å². The van der Waals surface area contributed by atoms with Crippen molar-refractivity contribution < 1.29 is 9.53 Å². The van der Waals surface area contributed by atoms with Crippen LogP contribution in [0.1, 0.15) is 29.8 Å². The zero-order chi connectivity index (χ0) is 12.5. The molecule has 0 bridgehead atoms. The molecular formula is C13H17ClN2O2. The maximum atomic E-state index is 12.4. The fraction of sp³-hybridized carbons (Fsp3) is 0.615. The molecule has 1 aliphatic carbocycles. The van der Waals surface area contributed by atoms with Gasteiger partial charge in [0.2, 0.25) is 0 Å². The normalized spacial score (nSPS) is 23.3. The van der Waals surface area contributed by atoms with Gasteiger partial charge in [0.25, 0.3) is 5.91 Å². The van der Waals surface area contributed by atoms with Crippen LogP contribution < -0.4 is 0 Å². The van der Waals surface area contributed by atoms with Crippen molar-refractivity contribution in [1.29, 1.82) is 0 Å². The average molecular weight is 269 g/mol. The van der Waals surface area contributed by atoms with Gasteiger partial charge in [0, 0.05) is 31.3 Å². The van der Waals surface area contributed by atoms with Crippen molar-refractivity contribution in [3.63, 3.8) is 0 Å². The number of hydrogen-bond donors (Lipinski definition) is 1. The zero-order valence-corrected chi connectivity index (χ0v) is 10.9. The molecule has 2 fully saturated rings. The van der Waals surface area contributed by atoms with Crippen molar-refractivity contribution in [3.05, 3.63) is 23.0 Å². The Morgan fingerprint density at radius 3 is 2.89 bits per heavy atom. The molecule has 5 heteroatoms. The topological polar surface area (TPSA) is 45.3 Å². The van der Waals surface area contributed by atoms with E-state index in [9.17, 15) is 4.79 Å². The average Bonchev–Trinajstić information content (AvgIpc) is 2.88. The van der Waals surface area contributed by atoms with Crippen LogP contribution in [0.25, 0.3) is 0 Å². The van der Waals surface area contributed by atoms with E-state index in [2.05, 4.69) is 4.98 Å². The monoisotopic (exact) mass is 268 g/mol. The molecule has 1 saturated heterocycles. The molecule has 2 aliphatic rings. The minimum atomic E-state index is 0.0660. The maximum absolute atomic E-state index is 12.4. The Hall–Kier alpha value is -1.00. The summed E-state index contributed by atoms with van der Waals surface area (Å²) in [4.78, 5) is 17.3. The van der Waals surface area contributed by atoms with Gasteiger partial charge >= 0.3 is 0 Å². The Balaban J connectivity index is 1.70. The third kappa shape index (κ3) is 2.54. The van der Waals surface area contributed by atoms with Gasteiger partial charge in [-0.25, -0.2) is 0 Å². The molecule has 0 spiro atoms. The second kappa shape index (κ2) is 4.94. The van der Waals surface area contributed by atoms with Gasteiger partial charge in [-0.1, -0.05) is 11.6 Å². The molecule has 1 atom stereocenters. The highest BCUT2D eigenvalue weighted by Crippen LogP contribution is 2.30. The van der Waals surface area contributed by atoms with Crippen LogP contribution in [0.4, 0.5) is 0 Å². The summed E-state index contributed by atoms with van der Waals surface area (Å²) >= 11 is 5.85. The van der Waals surface area contributed by atoms with E-state index in [-0.39, 0.29) is 5.91 Å². The van der Waals surface area contributed by atoms with Crippen LogP contribution in [0, 0.1) is 5.92 Å². The molecule has 1 N–H and O–H groups in total. The number of nitrogens with one attached hydrogen (secondary N) is 1. The fourth-order valence-electron chi connectivity index (χ4n) is 2.44. The molecule has 98 valence electrons. The smallest absolute Gasteiger partial charge is 0.270 e. The molecule has 2 heterocycles. The van der Waals surface area contributed by atoms with Gasteiger partial charge < -0.3 is 14.6 Å². The number of carbonyl (C=O) groups is 1. The van der Waals surface area contributed by atoms with E-state index >= 15 is 0 Å². The van der Waals surface area contributed by atoms with E-state index in [1.165, 1.54) is 0 Å². The number of carbonyl (C=O) groups excluding carboxylic acids is 1. The summed E-state index contributed by atoms with van der Waals surface area (Å²) in [6.45, 7) is 2.41. The third-order valence-electron chi connectivity index (χ3n) is 3.61. The number of halogens is 1. The van der Waals surface area contributed by atoms with E-state index in [1.807, 2.05) is 4.90 Å². The van der Waals surface area contributed by atoms with Gasteiger partial charge in [-0.15, -0.1) is 0 Å². The lowest BCUT2D eigenvalue weighted by Gasteiger charge is -2.24. The summed E-state index contributed by atoms with van der Waals surface area (Å²) in [6.07, 6.45) is 4.95. The Kier molecular flexibility index (Phi) is 3.31. The van der Waals surface area contributed by atoms with E-state index in [0.29, 0.717) is 22.7 Å². The first-order valence-corrected chi connectivity index (χ1v) is 6.84. The summed E-state index contributed by atoms with van der Waals surface area (Å²) in [5, 5.41) is 0.582. The van der Waals surface area contributed by atoms with Crippen LogP contribution in [0.3, 0.4) is 0 Å². The molecule has 1 aromatic rings. The van der Waals surface area contributed by atoms with Gasteiger partial charge in [-0.2, -0.15) is 0 Å². The summed E-state index contributed by atoms with van der Waals surface area (Å²) in [5.41, 5.74) is 0.589. The lowest BCUT2D eigenvalue weighted by Crippen LogP contribution is -2.37. The van der Waals surface area contributed by atoms with Crippen molar-refractivity contribution in [3.8, 4) is 0 Å². The Morgan fingerprint density at radius 1 is 1.50 bits per heavy atom. The molecule has 0 aromatic carbocycles. The van der Waals surface area contributed by atoms with Gasteiger partial charge in [-0.3, -0.25) is 4.79 Å². The number of ether oxygens (including phenoxy) is 1. The number of aromatic amines is 1. The Morgan fingerprint density at radius 2 is 2.33 bits per heavy atom. The fourth-order valence-corrected chi connectivity index (χ4v) is 2.60. The van der Waals surface area contributed by atoms with Crippen LogP contribution >= 0.6 is 11.6 Å². The molecule has 3 rings (SSSR count). The molecule has 0 radical (unpaired) electrons. The lowest BCUT2D eigenvalue weighted by molar-refractivity contribution is 0.0701. The largest absolute Gasteiger partial charge is 0.381 e. The standard InChI is InChI=1S/C13H17ClN2O2/c14-10-5-12(15-6-10)13(17)16(11-1-2-11)7-9-3-4-18-8-9/h5-6,9,11,15H,1-4,7-8H2/t9-/m1/s1. The first-order valence-electron chi connectivity index (χ1n) is 6.46. The van der Waals surface area contributed by atoms with Crippen LogP contribution in [-0.2, 0) is 4.74 Å². The van der Waals surface area contributed by atoms with Gasteiger partial charge in [0.1, 0.15) is 5.69 Å². The second-order valence-electron chi connectivity index (χ2n) is 5.15. The van der Waals surface area contributed by atoms with Crippen molar-refractivity contribution in [2.45, 2.75) is 25.3 Å². The van der Waals surface area contributed by atoms with Crippen LogP contribution in [0.5, 0.6) is 0 Å². The number of H-pyrrole nitrogens is 1. The van der Waals surface area contributed by atoms with Gasteiger partial charge in [-0.05, 0) is 25.3 Å². The predicted octanol–water partition coefficient (Wildman–Crippen LogP) is 2.31. The summed E-state index contributed by atoms with van der Waals surface area (Å²) in [7, 11) is 0. The molecule has 18 heavy (non-hydrogen) atoms. The lowest BCUT2D eigenvalue weighted by atomic mass is 10.1. The SMILES string of the molecule is O=C(c1cc(Cl)c[nH]1)N(C[C@H]1CCOC1)C1CC1. The molecule has 4 nitrogen and oxygen atoms in total. The van der Waals surface area contributed by atoms with Crippen molar-refractivity contribution >= 4 is 17.5 Å². The number of aromatic nitrogens is 1. The summed E-state index contributed by atoms with van der Waals surface area (Å²) < 4.78 is 5.38. The quantitative estimate of drug-likeness (QED) is 0.911. The molecule has 1 aromatic heterocycles. The minimum absolute atomic E-state index is 0.0660. The first-order chi connectivity index (χ1) is 8.74. The molecule has 1 amide bonds. The maximum Gasteiger partial charge on any atom is 0.270 e. The predicted molar refractivity (Wildman–Crippen MR) is 68.8 cm³/mol. The van der Waals surface area contributed by atoms with Crippen LogP contribution in [-0.4, -0.2) is 41.6 Å². The van der Waals surface area contributed by atoms with Crippen LogP contribution in [0.15, 0.2) is 12.3 Å². The van der Waals surface area contributed by atoms with Crippen molar-refractivity contribution in [2.24, 2.45) is 5.92 Å². The zero-order valence-electron chi connectivity index (χ0n) is 10.2. The minimum Gasteiger partial charge on any atom is -0.381 e. The van der Waals surface area contributed by atoms with E-state index in [4.69, 9.17) is 16.3 Å². The van der Waals surface area contributed by atoms with E-state index in [0.717, 1.165) is 39.0 Å². The highest BCUT2D eigenvalue weighted by Gasteiger charge is 2.35. The van der Waals surface area contributed by atoms with E-state index in [1.54, 1.807) is 12.3 Å². The van der Waals surface area contributed by atoms with Crippen molar-refractivity contribution in [2.75, 3.05) is 19.8 Å². The highest BCUT2D eigenvalue weighted by atomic mass is 35.5. The Labute approximate surface area is 111 Å². The third-order valence-corrected chi connectivity index (χ3v) is 3.82. The molecule has 1 aliphatic heterocycles. The number of hydrogen-bond acceptors (Lipinski definition) is 2. The number of amides is 1. The Bertz CT molecular complexity index is 436. The van der Waals surface area contributed by atoms with E-state index < -0.39 is 0 Å². The number of nitrogens with zero attached hydrogens (tertiary/aromatic N) is 1. The summed E-state index contributed by atoms with van der Waals surface area (Å²) in [5.74, 6) is 0.552. The summed E-state index contributed by atoms with van der Waals surface area (Å²) in [6, 6.07) is 2.12. The van der Waals surface area contributed by atoms with Gasteiger partial charge in [0.15, 0.2) is 0 Å². The van der Waals surface area contributed by atoms with Crippen molar-refractivity contribution in [1.82, 2.24) is 9.88 Å². The number of rotatable bonds is 4. The highest BCUT2D eigenvalue weighted by molar-refractivity contribution is 6.30.